The second kappa shape index (κ2) is 10.2. The molecule has 4 aliphatic rings. The van der Waals surface area contributed by atoms with E-state index in [0.29, 0.717) is 11.0 Å². The van der Waals surface area contributed by atoms with Crippen LogP contribution in [0.3, 0.4) is 0 Å². The quantitative estimate of drug-likeness (QED) is 0.340. The zero-order valence-corrected chi connectivity index (χ0v) is 25.1. The molecule has 1 heterocycles. The number of carbonyl (C=O) groups excluding carboxylic acids is 4. The van der Waals surface area contributed by atoms with Crippen molar-refractivity contribution in [2.45, 2.75) is 76.9 Å². The number of furan rings is 1. The lowest BCUT2D eigenvalue weighted by Gasteiger charge is -2.63. The van der Waals surface area contributed by atoms with Crippen molar-refractivity contribution < 1.29 is 47.0 Å². The van der Waals surface area contributed by atoms with Crippen molar-refractivity contribution >= 4 is 34.5 Å². The van der Waals surface area contributed by atoms with E-state index in [1.54, 1.807) is 51.1 Å². The van der Waals surface area contributed by atoms with Gasteiger partial charge in [0.1, 0.15) is 11.8 Å². The van der Waals surface area contributed by atoms with Crippen LogP contribution in [0.1, 0.15) is 63.9 Å². The molecule has 0 amide bonds. The van der Waals surface area contributed by atoms with Gasteiger partial charge in [-0.05, 0) is 62.0 Å². The van der Waals surface area contributed by atoms with Gasteiger partial charge < -0.3 is 19.0 Å². The van der Waals surface area contributed by atoms with E-state index in [0.717, 1.165) is 6.08 Å². The number of fused-ring (bicyclic) bond motifs is 6. The topological polar surface area (TPSA) is 120 Å². The van der Waals surface area contributed by atoms with Crippen molar-refractivity contribution in [2.75, 3.05) is 6.61 Å². The number of halogens is 2. The summed E-state index contributed by atoms with van der Waals surface area (Å²) in [6.45, 7) is 5.69. The molecule has 1 aromatic heterocycles. The number of rotatable bonds is 6. The van der Waals surface area contributed by atoms with Gasteiger partial charge in [-0.15, -0.1) is 0 Å². The van der Waals surface area contributed by atoms with Gasteiger partial charge >= 0.3 is 11.9 Å². The molecule has 0 bridgehead atoms. The van der Waals surface area contributed by atoms with Gasteiger partial charge in [-0.3, -0.25) is 14.4 Å². The van der Waals surface area contributed by atoms with E-state index in [-0.39, 0.29) is 37.0 Å². The average Bonchev–Trinajstić information content (AvgIpc) is 3.52. The lowest BCUT2D eigenvalue weighted by atomic mass is 9.44. The number of aliphatic hydroxyl groups is 1. The second-order valence-corrected chi connectivity index (χ2v) is 13.2. The van der Waals surface area contributed by atoms with E-state index >= 15 is 8.78 Å². The Bertz CT molecular complexity index is 1590. The van der Waals surface area contributed by atoms with Crippen LogP contribution in [0.4, 0.5) is 8.78 Å². The maximum absolute atomic E-state index is 17.6. The summed E-state index contributed by atoms with van der Waals surface area (Å²) in [5.74, 6) is -5.27. The number of para-hydroxylation sites is 1. The number of carbonyl (C=O) groups is 4. The number of ether oxygens (including phenoxy) is 2. The lowest BCUT2D eigenvalue weighted by molar-refractivity contribution is -0.238. The van der Waals surface area contributed by atoms with Crippen molar-refractivity contribution in [1.82, 2.24) is 0 Å². The summed E-state index contributed by atoms with van der Waals surface area (Å²) in [6, 6.07) is 8.56. The summed E-state index contributed by atoms with van der Waals surface area (Å²) in [6.07, 6.45) is -0.233. The van der Waals surface area contributed by atoms with Gasteiger partial charge in [0.2, 0.25) is 11.4 Å². The highest BCUT2D eigenvalue weighted by molar-refractivity contribution is 6.01. The molecule has 1 N–H and O–H groups in total. The van der Waals surface area contributed by atoms with E-state index in [9.17, 15) is 24.3 Å². The molecule has 234 valence electrons. The van der Waals surface area contributed by atoms with E-state index < -0.39 is 82.2 Å². The maximum Gasteiger partial charge on any atom is 0.351 e. The average molecular weight is 611 g/mol. The Morgan fingerprint density at radius 2 is 1.86 bits per heavy atom. The number of ketones is 2. The number of Topliss-reactive ketones (excluding diaryl/α,β-unsaturated/α-hetero) is 1. The molecule has 3 fully saturated rings. The maximum atomic E-state index is 17.6. The molecule has 9 atom stereocenters. The first-order chi connectivity index (χ1) is 20.7. The molecule has 0 aliphatic heterocycles. The standard InChI is InChI=1S/C34H36F2O8/c1-5-29(40)44-34(30(41)42-17-25(38)27-13-19-8-6-7-9-26(19)43-27)18(2)12-21-22-15-24(35)23-14-20(37)10-11-31(23,3)33(22,36)28(39)16-32(21,34)4/h6-11,13-14,18,21-22,24,28,39H,5,12,15-17H2,1-4H3/t18-,21+,22+,24+,28+,31+,32+,33+,34+/m1/s1. The van der Waals surface area contributed by atoms with E-state index in [1.165, 1.54) is 19.1 Å². The van der Waals surface area contributed by atoms with Crippen LogP contribution in [-0.2, 0) is 23.9 Å². The van der Waals surface area contributed by atoms with Crippen LogP contribution in [-0.4, -0.2) is 58.8 Å². The third-order valence-corrected chi connectivity index (χ3v) is 11.1. The second-order valence-electron chi connectivity index (χ2n) is 13.2. The lowest BCUT2D eigenvalue weighted by Crippen LogP contribution is -2.71. The monoisotopic (exact) mass is 610 g/mol. The molecule has 0 unspecified atom stereocenters. The van der Waals surface area contributed by atoms with E-state index in [4.69, 9.17) is 13.9 Å². The SMILES string of the molecule is CCC(=O)O[C@]1(C(=O)OCC(=O)c2cc3ccccc3o2)[C@H](C)C[C@H]2[C@@H]3C[C@H](F)C4=CC(=O)C=C[C@]4(C)[C@@]3(F)[C@@H](O)C[C@@]21C. The summed E-state index contributed by atoms with van der Waals surface area (Å²) in [4.78, 5) is 52.2. The Balaban J connectivity index is 1.36. The number of esters is 2. The van der Waals surface area contributed by atoms with E-state index in [1.807, 2.05) is 0 Å². The largest absolute Gasteiger partial charge is 0.454 e. The van der Waals surface area contributed by atoms with Gasteiger partial charge in [-0.1, -0.05) is 45.0 Å². The molecule has 0 saturated heterocycles. The van der Waals surface area contributed by atoms with Gasteiger partial charge in [-0.2, -0.15) is 0 Å². The smallest absolute Gasteiger partial charge is 0.351 e. The summed E-state index contributed by atoms with van der Waals surface area (Å²) in [5.41, 5.74) is -6.84. The fraction of sp³-hybridized carbons (Fsp3) is 0.529. The van der Waals surface area contributed by atoms with Crippen molar-refractivity contribution in [2.24, 2.45) is 28.6 Å². The summed E-state index contributed by atoms with van der Waals surface area (Å²) in [7, 11) is 0. The van der Waals surface area contributed by atoms with Crippen LogP contribution in [0.5, 0.6) is 0 Å². The number of alkyl halides is 2. The molecule has 6 rings (SSSR count). The molecular weight excluding hydrogens is 574 g/mol. The Labute approximate surface area is 253 Å². The summed E-state index contributed by atoms with van der Waals surface area (Å²) < 4.78 is 50.6. The first-order valence-corrected chi connectivity index (χ1v) is 15.1. The molecule has 2 aromatic rings. The zero-order chi connectivity index (χ0) is 31.8. The first-order valence-electron chi connectivity index (χ1n) is 15.1. The zero-order valence-electron chi connectivity index (χ0n) is 25.1. The Kier molecular flexibility index (Phi) is 7.03. The number of aliphatic hydroxyl groups excluding tert-OH is 1. The molecule has 8 nitrogen and oxygen atoms in total. The molecule has 4 aliphatic carbocycles. The van der Waals surface area contributed by atoms with Gasteiger partial charge in [0.15, 0.2) is 23.8 Å². The molecule has 10 heteroatoms. The normalized spacial score (nSPS) is 39.2. The molecule has 1 aromatic carbocycles. The van der Waals surface area contributed by atoms with E-state index in [2.05, 4.69) is 0 Å². The predicted molar refractivity (Wildman–Crippen MR) is 154 cm³/mol. The molecule has 44 heavy (non-hydrogen) atoms. The van der Waals surface area contributed by atoms with Crippen LogP contribution in [0.2, 0.25) is 0 Å². The minimum absolute atomic E-state index is 0.00947. The fourth-order valence-electron chi connectivity index (χ4n) is 8.90. The van der Waals surface area contributed by atoms with Crippen LogP contribution < -0.4 is 0 Å². The van der Waals surface area contributed by atoms with Gasteiger partial charge in [0.05, 0.1) is 6.10 Å². The summed E-state index contributed by atoms with van der Waals surface area (Å²) >= 11 is 0. The summed E-state index contributed by atoms with van der Waals surface area (Å²) in [5, 5.41) is 12.4. The minimum atomic E-state index is -2.37. The van der Waals surface area contributed by atoms with Crippen LogP contribution in [0.15, 0.2) is 58.6 Å². The van der Waals surface area contributed by atoms with Gasteiger partial charge in [0.25, 0.3) is 0 Å². The van der Waals surface area contributed by atoms with Gasteiger partial charge in [-0.25, -0.2) is 13.6 Å². The predicted octanol–water partition coefficient (Wildman–Crippen LogP) is 5.42. The molecule has 3 saturated carbocycles. The number of hydrogen-bond acceptors (Lipinski definition) is 8. The third kappa shape index (κ3) is 3.95. The minimum Gasteiger partial charge on any atom is -0.454 e. The molecule has 0 radical (unpaired) electrons. The molecular formula is C34H36F2O8. The highest BCUT2D eigenvalue weighted by Crippen LogP contribution is 2.71. The fourth-order valence-corrected chi connectivity index (χ4v) is 8.90. The third-order valence-electron chi connectivity index (χ3n) is 11.1. The van der Waals surface area contributed by atoms with Crippen LogP contribution >= 0.6 is 0 Å². The first kappa shape index (κ1) is 30.4. The Morgan fingerprint density at radius 3 is 2.57 bits per heavy atom. The number of benzene rings is 1. The Morgan fingerprint density at radius 1 is 1.14 bits per heavy atom. The van der Waals surface area contributed by atoms with Crippen molar-refractivity contribution in [3.63, 3.8) is 0 Å². The number of hydrogen-bond donors (Lipinski definition) is 1. The van der Waals surface area contributed by atoms with Crippen molar-refractivity contribution in [3.8, 4) is 0 Å². The van der Waals surface area contributed by atoms with Crippen molar-refractivity contribution in [1.29, 1.82) is 0 Å². The number of allylic oxidation sites excluding steroid dienone is 4. The van der Waals surface area contributed by atoms with Gasteiger partial charge in [0, 0.05) is 34.5 Å². The van der Waals surface area contributed by atoms with Crippen LogP contribution in [0, 0.1) is 28.6 Å². The van der Waals surface area contributed by atoms with Crippen LogP contribution in [0.25, 0.3) is 11.0 Å². The Hall–Kier alpha value is -3.66. The van der Waals surface area contributed by atoms with Crippen molar-refractivity contribution in [3.05, 3.63) is 59.9 Å². The highest BCUT2D eigenvalue weighted by atomic mass is 19.1. The highest BCUT2D eigenvalue weighted by Gasteiger charge is 2.78. The molecule has 0 spiro atoms.